The van der Waals surface area contributed by atoms with E-state index in [-0.39, 0.29) is 12.5 Å². The summed E-state index contributed by atoms with van der Waals surface area (Å²) in [7, 11) is 0. The van der Waals surface area contributed by atoms with Gasteiger partial charge in [-0.1, -0.05) is 41.4 Å². The third-order valence-electron chi connectivity index (χ3n) is 5.45. The molecule has 0 spiro atoms. The highest BCUT2D eigenvalue weighted by Gasteiger charge is 2.25. The van der Waals surface area contributed by atoms with E-state index in [0.29, 0.717) is 28.9 Å². The molecule has 0 N–H and O–H groups in total. The second-order valence-electron chi connectivity index (χ2n) is 7.50. The second-order valence-corrected chi connectivity index (χ2v) is 8.34. The third kappa shape index (κ3) is 4.65. The lowest BCUT2D eigenvalue weighted by atomic mass is 10.2. The minimum Gasteiger partial charge on any atom is -0.482 e. The number of ether oxygens (including phenoxy) is 1. The summed E-state index contributed by atoms with van der Waals surface area (Å²) in [5, 5.41) is 5.66. The molecule has 31 heavy (non-hydrogen) atoms. The van der Waals surface area contributed by atoms with Crippen molar-refractivity contribution in [2.75, 3.05) is 37.7 Å². The molecule has 2 aromatic carbocycles. The molecule has 1 aromatic heterocycles. The van der Waals surface area contributed by atoms with E-state index in [1.54, 1.807) is 18.2 Å². The van der Waals surface area contributed by atoms with Crippen LogP contribution < -0.4 is 9.64 Å². The van der Waals surface area contributed by atoms with Gasteiger partial charge in [0.05, 0.1) is 27.8 Å². The molecule has 0 aliphatic carbocycles. The van der Waals surface area contributed by atoms with E-state index in [4.69, 9.17) is 33.0 Å². The Bertz CT molecular complexity index is 1080. The maximum Gasteiger partial charge on any atom is 0.260 e. The lowest BCUT2D eigenvalue weighted by molar-refractivity contribution is -0.133. The third-order valence-corrected chi connectivity index (χ3v) is 5.98. The van der Waals surface area contributed by atoms with E-state index in [9.17, 15) is 4.79 Å². The maximum atomic E-state index is 12.6. The van der Waals surface area contributed by atoms with Crippen LogP contribution >= 0.6 is 23.2 Å². The van der Waals surface area contributed by atoms with Crippen LogP contribution in [0.25, 0.3) is 5.69 Å². The number of halogens is 2. The molecule has 1 fully saturated rings. The van der Waals surface area contributed by atoms with Crippen LogP contribution in [-0.4, -0.2) is 53.4 Å². The normalized spacial score (nSPS) is 14.1. The first-order valence-corrected chi connectivity index (χ1v) is 10.9. The van der Waals surface area contributed by atoms with Gasteiger partial charge in [0.2, 0.25) is 0 Å². The van der Waals surface area contributed by atoms with Crippen LogP contribution in [-0.2, 0) is 4.79 Å². The van der Waals surface area contributed by atoms with Crippen LogP contribution in [0.1, 0.15) is 11.4 Å². The maximum absolute atomic E-state index is 12.6. The van der Waals surface area contributed by atoms with Gasteiger partial charge in [-0.05, 0) is 44.2 Å². The van der Waals surface area contributed by atoms with E-state index < -0.39 is 0 Å². The molecule has 162 valence electrons. The van der Waals surface area contributed by atoms with Gasteiger partial charge in [0.1, 0.15) is 5.75 Å². The zero-order valence-electron chi connectivity index (χ0n) is 17.5. The van der Waals surface area contributed by atoms with Crippen molar-refractivity contribution >= 4 is 34.8 Å². The minimum atomic E-state index is -0.0564. The van der Waals surface area contributed by atoms with E-state index in [2.05, 4.69) is 11.8 Å². The Morgan fingerprint density at radius 3 is 2.42 bits per heavy atom. The first-order chi connectivity index (χ1) is 14.9. The number of amides is 1. The summed E-state index contributed by atoms with van der Waals surface area (Å²) in [6.45, 7) is 6.82. The Hall–Kier alpha value is -2.70. The van der Waals surface area contributed by atoms with Gasteiger partial charge in [-0.15, -0.1) is 0 Å². The fourth-order valence-corrected chi connectivity index (χ4v) is 4.38. The van der Waals surface area contributed by atoms with Gasteiger partial charge in [0, 0.05) is 31.2 Å². The number of para-hydroxylation sites is 1. The average molecular weight is 459 g/mol. The fourth-order valence-electron chi connectivity index (χ4n) is 3.92. The van der Waals surface area contributed by atoms with Gasteiger partial charge in [-0.3, -0.25) is 4.79 Å². The molecule has 0 radical (unpaired) electrons. The van der Waals surface area contributed by atoms with Crippen LogP contribution in [0.2, 0.25) is 10.0 Å². The average Bonchev–Trinajstić information content (AvgIpc) is 3.07. The number of aryl methyl sites for hydroxylation is 1. The van der Waals surface area contributed by atoms with Crippen LogP contribution in [0.3, 0.4) is 0 Å². The number of hydrogen-bond donors (Lipinski definition) is 0. The number of hydrogen-bond acceptors (Lipinski definition) is 4. The van der Waals surface area contributed by atoms with Crippen molar-refractivity contribution in [3.05, 3.63) is 70.0 Å². The van der Waals surface area contributed by atoms with E-state index in [1.165, 1.54) is 0 Å². The Labute approximate surface area is 191 Å². The van der Waals surface area contributed by atoms with E-state index >= 15 is 0 Å². The highest BCUT2D eigenvalue weighted by molar-refractivity contribution is 6.35. The van der Waals surface area contributed by atoms with Crippen molar-refractivity contribution in [1.82, 2.24) is 14.7 Å². The van der Waals surface area contributed by atoms with Crippen molar-refractivity contribution in [1.29, 1.82) is 0 Å². The van der Waals surface area contributed by atoms with Crippen molar-refractivity contribution in [3.8, 4) is 11.4 Å². The summed E-state index contributed by atoms with van der Waals surface area (Å²) in [5.74, 6) is 0.400. The van der Waals surface area contributed by atoms with Gasteiger partial charge in [0.25, 0.3) is 5.91 Å². The number of carbonyl (C=O) groups excluding carboxylic acids is 1. The molecular weight excluding hydrogens is 435 g/mol. The van der Waals surface area contributed by atoms with Crippen LogP contribution in [0, 0.1) is 13.8 Å². The number of anilines is 1. The lowest BCUT2D eigenvalue weighted by Crippen LogP contribution is -2.50. The van der Waals surface area contributed by atoms with Crippen LogP contribution in [0.15, 0.2) is 48.5 Å². The van der Waals surface area contributed by atoms with Gasteiger partial charge in [0.15, 0.2) is 6.61 Å². The number of piperazine rings is 1. The molecule has 8 heteroatoms. The van der Waals surface area contributed by atoms with E-state index in [0.717, 1.165) is 35.9 Å². The van der Waals surface area contributed by atoms with Crippen LogP contribution in [0.5, 0.6) is 5.75 Å². The van der Waals surface area contributed by atoms with Crippen molar-refractivity contribution < 1.29 is 9.53 Å². The molecule has 1 aliphatic heterocycles. The summed E-state index contributed by atoms with van der Waals surface area (Å²) in [5.41, 5.74) is 4.27. The van der Waals surface area contributed by atoms with Crippen molar-refractivity contribution in [2.24, 2.45) is 0 Å². The minimum absolute atomic E-state index is 0.0503. The molecule has 0 saturated carbocycles. The van der Waals surface area contributed by atoms with Gasteiger partial charge < -0.3 is 14.5 Å². The fraction of sp³-hybridized carbons (Fsp3) is 0.304. The molecule has 0 atom stereocenters. The summed E-state index contributed by atoms with van der Waals surface area (Å²) in [6, 6.07) is 15.1. The van der Waals surface area contributed by atoms with Gasteiger partial charge >= 0.3 is 0 Å². The highest BCUT2D eigenvalue weighted by Crippen LogP contribution is 2.29. The smallest absolute Gasteiger partial charge is 0.260 e. The molecule has 1 aliphatic rings. The molecule has 0 bridgehead atoms. The zero-order chi connectivity index (χ0) is 22.0. The predicted molar refractivity (Wildman–Crippen MR) is 124 cm³/mol. The predicted octanol–water partition coefficient (Wildman–Crippen LogP) is 4.52. The number of carbonyl (C=O) groups is 1. The van der Waals surface area contributed by atoms with E-state index in [1.807, 2.05) is 46.8 Å². The number of aromatic nitrogens is 2. The summed E-state index contributed by atoms with van der Waals surface area (Å²) < 4.78 is 7.58. The summed E-state index contributed by atoms with van der Waals surface area (Å²) in [6.07, 6.45) is 0. The quantitative estimate of drug-likeness (QED) is 0.563. The molecule has 4 rings (SSSR count). The Morgan fingerprint density at radius 2 is 1.74 bits per heavy atom. The molecule has 6 nitrogen and oxygen atoms in total. The molecular formula is C23H24Cl2N4O2. The largest absolute Gasteiger partial charge is 0.482 e. The van der Waals surface area contributed by atoms with Crippen molar-refractivity contribution in [3.63, 3.8) is 0 Å². The van der Waals surface area contributed by atoms with Gasteiger partial charge in [-0.25, -0.2) is 4.68 Å². The molecule has 3 aromatic rings. The van der Waals surface area contributed by atoms with Gasteiger partial charge in [-0.2, -0.15) is 5.10 Å². The van der Waals surface area contributed by atoms with Crippen LogP contribution in [0.4, 0.5) is 5.69 Å². The summed E-state index contributed by atoms with van der Waals surface area (Å²) in [4.78, 5) is 16.7. The lowest BCUT2D eigenvalue weighted by Gasteiger charge is -2.36. The standard InChI is InChI=1S/C23H24Cl2N4O2/c1-16-23(17(2)29(26-16)19-6-4-3-5-7-19)28-12-10-27(11-13-28)22(30)15-31-21-9-8-18(24)14-20(21)25/h3-9,14H,10-13,15H2,1-2H3. The first-order valence-electron chi connectivity index (χ1n) is 10.2. The first kappa shape index (κ1) is 21.5. The Balaban J connectivity index is 1.37. The number of nitrogens with zero attached hydrogens (tertiary/aromatic N) is 4. The molecule has 1 amide bonds. The number of benzene rings is 2. The molecule has 1 saturated heterocycles. The zero-order valence-corrected chi connectivity index (χ0v) is 19.0. The monoisotopic (exact) mass is 458 g/mol. The highest BCUT2D eigenvalue weighted by atomic mass is 35.5. The SMILES string of the molecule is Cc1nn(-c2ccccc2)c(C)c1N1CCN(C(=O)COc2ccc(Cl)cc2Cl)CC1. The Kier molecular flexibility index (Phi) is 6.39. The topological polar surface area (TPSA) is 50.6 Å². The summed E-state index contributed by atoms with van der Waals surface area (Å²) >= 11 is 12.0. The van der Waals surface area contributed by atoms with Crippen molar-refractivity contribution in [2.45, 2.75) is 13.8 Å². The Morgan fingerprint density at radius 1 is 1.03 bits per heavy atom. The molecule has 0 unspecified atom stereocenters. The molecule has 2 heterocycles. The number of rotatable bonds is 5. The second kappa shape index (κ2) is 9.20.